The summed E-state index contributed by atoms with van der Waals surface area (Å²) >= 11 is 12.7. The van der Waals surface area contributed by atoms with Crippen molar-refractivity contribution < 1.29 is 19.1 Å². The van der Waals surface area contributed by atoms with Crippen molar-refractivity contribution in [3.63, 3.8) is 0 Å². The van der Waals surface area contributed by atoms with Crippen LogP contribution in [0.1, 0.15) is 31.7 Å². The average Bonchev–Trinajstić information content (AvgIpc) is 3.03. The molecule has 9 heteroatoms. The molecule has 0 saturated carbocycles. The van der Waals surface area contributed by atoms with Gasteiger partial charge in [-0.2, -0.15) is 0 Å². The lowest BCUT2D eigenvalue weighted by atomic mass is 9.63. The number of fused-ring (bicyclic) bond motifs is 3. The summed E-state index contributed by atoms with van der Waals surface area (Å²) in [5, 5.41) is 0.718. The Bertz CT molecular complexity index is 1370. The first kappa shape index (κ1) is 23.5. The molecule has 35 heavy (non-hydrogen) atoms. The number of Topliss-reactive ketones (excluding diaryl/α,β-unsaturated/α-hetero) is 1. The van der Waals surface area contributed by atoms with Gasteiger partial charge in [0.2, 0.25) is 5.91 Å². The largest absolute Gasteiger partial charge is 0.462 e. The molecule has 1 unspecified atom stereocenters. The minimum atomic E-state index is -1.70. The Morgan fingerprint density at radius 1 is 1.11 bits per heavy atom. The third-order valence-corrected chi connectivity index (χ3v) is 7.36. The van der Waals surface area contributed by atoms with Crippen molar-refractivity contribution in [3.8, 4) is 0 Å². The first-order valence-electron chi connectivity index (χ1n) is 11.3. The van der Waals surface area contributed by atoms with Gasteiger partial charge in [-0.3, -0.25) is 14.5 Å². The van der Waals surface area contributed by atoms with E-state index in [1.807, 2.05) is 0 Å². The molecule has 2 heterocycles. The lowest BCUT2D eigenvalue weighted by molar-refractivity contribution is -0.140. The van der Waals surface area contributed by atoms with E-state index in [2.05, 4.69) is 0 Å². The number of esters is 1. The summed E-state index contributed by atoms with van der Waals surface area (Å²) in [6.45, 7) is 1.74. The molecule has 0 radical (unpaired) electrons. The number of nitrogens with zero attached hydrogens (tertiary/aromatic N) is 2. The van der Waals surface area contributed by atoms with Crippen molar-refractivity contribution in [2.75, 3.05) is 23.5 Å². The van der Waals surface area contributed by atoms with Crippen LogP contribution >= 0.6 is 23.2 Å². The summed E-state index contributed by atoms with van der Waals surface area (Å²) < 4.78 is 5.42. The quantitative estimate of drug-likeness (QED) is 0.611. The number of likely N-dealkylation sites (N-methyl/N-ethyl adjacent to an activating group) is 1. The number of hydrogen-bond acceptors (Lipinski definition) is 6. The molecule has 0 saturated heterocycles. The molecule has 1 atom stereocenters. The summed E-state index contributed by atoms with van der Waals surface area (Å²) in [4.78, 5) is 44.5. The topological polar surface area (TPSA) is 92.9 Å². The second kappa shape index (κ2) is 8.43. The van der Waals surface area contributed by atoms with Gasteiger partial charge in [0.05, 0.1) is 17.3 Å². The van der Waals surface area contributed by atoms with Crippen molar-refractivity contribution in [2.45, 2.75) is 31.6 Å². The van der Waals surface area contributed by atoms with Gasteiger partial charge in [0, 0.05) is 41.0 Å². The Kier molecular flexibility index (Phi) is 5.65. The minimum Gasteiger partial charge on any atom is -0.462 e. The van der Waals surface area contributed by atoms with Gasteiger partial charge in [0.15, 0.2) is 5.78 Å². The van der Waals surface area contributed by atoms with E-state index in [1.54, 1.807) is 61.3 Å². The van der Waals surface area contributed by atoms with Crippen LogP contribution < -0.4 is 15.5 Å². The number of nitrogens with two attached hydrogens (primary N) is 1. The number of ether oxygens (including phenoxy) is 1. The number of amides is 1. The van der Waals surface area contributed by atoms with Crippen LogP contribution in [0.5, 0.6) is 0 Å². The van der Waals surface area contributed by atoms with Gasteiger partial charge in [-0.1, -0.05) is 41.4 Å². The molecule has 1 amide bonds. The molecule has 5 rings (SSSR count). The Balaban J connectivity index is 1.92. The zero-order valence-electron chi connectivity index (χ0n) is 19.2. The SMILES string of the molecule is CCOC(=O)C1=C(N)N(c2ccc(Cl)cc2Cl)C2=C(C(=O)CCC2)C12C(=O)N(C)c1ccccc12. The molecule has 7 nitrogen and oxygen atoms in total. The lowest BCUT2D eigenvalue weighted by Gasteiger charge is -2.44. The number of rotatable bonds is 3. The average molecular weight is 512 g/mol. The van der Waals surface area contributed by atoms with Crippen molar-refractivity contribution in [1.82, 2.24) is 0 Å². The van der Waals surface area contributed by atoms with Crippen molar-refractivity contribution in [1.29, 1.82) is 0 Å². The number of allylic oxidation sites excluding steroid dienone is 1. The Labute approximate surface area is 212 Å². The lowest BCUT2D eigenvalue weighted by Crippen LogP contribution is -2.54. The smallest absolute Gasteiger partial charge is 0.339 e. The maximum atomic E-state index is 14.1. The number of anilines is 2. The zero-order chi connectivity index (χ0) is 25.1. The predicted octanol–water partition coefficient (Wildman–Crippen LogP) is 4.47. The van der Waals surface area contributed by atoms with Crippen LogP contribution in [0.25, 0.3) is 0 Å². The first-order chi connectivity index (χ1) is 16.7. The Morgan fingerprint density at radius 2 is 1.86 bits per heavy atom. The molecule has 2 aliphatic heterocycles. The maximum absolute atomic E-state index is 14.1. The molecule has 2 aromatic carbocycles. The van der Waals surface area contributed by atoms with Gasteiger partial charge in [0.25, 0.3) is 0 Å². The highest BCUT2D eigenvalue weighted by atomic mass is 35.5. The molecule has 3 aliphatic rings. The summed E-state index contributed by atoms with van der Waals surface area (Å²) in [5.41, 5.74) is 7.37. The second-order valence-electron chi connectivity index (χ2n) is 8.64. The van der Waals surface area contributed by atoms with E-state index in [0.29, 0.717) is 45.5 Å². The number of carbonyl (C=O) groups excluding carboxylic acids is 3. The predicted molar refractivity (Wildman–Crippen MR) is 134 cm³/mol. The van der Waals surface area contributed by atoms with Crippen molar-refractivity contribution in [3.05, 3.63) is 80.7 Å². The van der Waals surface area contributed by atoms with Gasteiger partial charge < -0.3 is 15.4 Å². The Hall–Kier alpha value is -3.29. The molecular weight excluding hydrogens is 489 g/mol. The van der Waals surface area contributed by atoms with Crippen LogP contribution in [0.3, 0.4) is 0 Å². The summed E-state index contributed by atoms with van der Waals surface area (Å²) in [5.74, 6) is -1.40. The van der Waals surface area contributed by atoms with Crippen LogP contribution in [-0.4, -0.2) is 31.3 Å². The fourth-order valence-electron chi connectivity index (χ4n) is 5.49. The van der Waals surface area contributed by atoms with Gasteiger partial charge >= 0.3 is 5.97 Å². The first-order valence-corrected chi connectivity index (χ1v) is 12.1. The van der Waals surface area contributed by atoms with E-state index < -0.39 is 17.3 Å². The van der Waals surface area contributed by atoms with E-state index in [9.17, 15) is 14.4 Å². The molecule has 0 aromatic heterocycles. The van der Waals surface area contributed by atoms with Gasteiger partial charge in [0.1, 0.15) is 16.8 Å². The highest BCUT2D eigenvalue weighted by Gasteiger charge is 2.63. The maximum Gasteiger partial charge on any atom is 0.339 e. The summed E-state index contributed by atoms with van der Waals surface area (Å²) in [6, 6.07) is 12.0. The summed E-state index contributed by atoms with van der Waals surface area (Å²) in [7, 11) is 1.63. The van der Waals surface area contributed by atoms with E-state index in [4.69, 9.17) is 33.7 Å². The number of halogens is 2. The normalized spacial score (nSPS) is 21.6. The molecule has 0 bridgehead atoms. The van der Waals surface area contributed by atoms with Crippen molar-refractivity contribution >= 4 is 52.2 Å². The molecule has 2 N–H and O–H groups in total. The highest BCUT2D eigenvalue weighted by Crippen LogP contribution is 2.57. The van der Waals surface area contributed by atoms with E-state index in [0.717, 1.165) is 0 Å². The number of hydrogen-bond donors (Lipinski definition) is 1. The molecule has 0 fully saturated rings. The van der Waals surface area contributed by atoms with E-state index >= 15 is 0 Å². The fourth-order valence-corrected chi connectivity index (χ4v) is 5.99. The fraction of sp³-hybridized carbons (Fsp3) is 0.269. The van der Waals surface area contributed by atoms with Gasteiger partial charge in [-0.05, 0) is 44.0 Å². The third kappa shape index (κ3) is 3.15. The number of carbonyl (C=O) groups is 3. The van der Waals surface area contributed by atoms with Crippen molar-refractivity contribution in [2.24, 2.45) is 5.73 Å². The number of benzene rings is 2. The molecule has 2 aromatic rings. The summed E-state index contributed by atoms with van der Waals surface area (Å²) in [6.07, 6.45) is 1.29. The van der Waals surface area contributed by atoms with Crippen LogP contribution in [0.15, 0.2) is 65.1 Å². The molecule has 1 spiro atoms. The monoisotopic (exact) mass is 511 g/mol. The van der Waals surface area contributed by atoms with Crippen LogP contribution in [0.4, 0.5) is 11.4 Å². The van der Waals surface area contributed by atoms with Crippen LogP contribution in [-0.2, 0) is 24.5 Å². The van der Waals surface area contributed by atoms with Gasteiger partial charge in [-0.15, -0.1) is 0 Å². The standard InChI is InChI=1S/C26H23Cl2N3O4/c1-3-35-24(33)22-23(29)31(18-12-11-14(27)13-16(18)28)19-9-6-10-20(32)21(19)26(22)15-7-4-5-8-17(15)30(2)25(26)34/h4-5,7-8,11-13H,3,6,9-10,29H2,1-2H3. The molecular formula is C26H23Cl2N3O4. The highest BCUT2D eigenvalue weighted by molar-refractivity contribution is 6.36. The molecule has 1 aliphatic carbocycles. The third-order valence-electron chi connectivity index (χ3n) is 6.83. The van der Waals surface area contributed by atoms with Crippen LogP contribution in [0.2, 0.25) is 10.0 Å². The molecule has 180 valence electrons. The minimum absolute atomic E-state index is 0.000393. The second-order valence-corrected chi connectivity index (χ2v) is 9.49. The van der Waals surface area contributed by atoms with Gasteiger partial charge in [-0.25, -0.2) is 4.79 Å². The Morgan fingerprint density at radius 3 is 2.57 bits per heavy atom. The zero-order valence-corrected chi connectivity index (χ0v) is 20.7. The van der Waals surface area contributed by atoms with Crippen LogP contribution in [0, 0.1) is 0 Å². The number of ketones is 1. The van der Waals surface area contributed by atoms with E-state index in [1.165, 1.54) is 4.90 Å². The van der Waals surface area contributed by atoms with E-state index in [-0.39, 0.29) is 35.8 Å². The number of para-hydroxylation sites is 1.